The molecule has 0 aliphatic heterocycles. The lowest BCUT2D eigenvalue weighted by atomic mass is 9.99. The summed E-state index contributed by atoms with van der Waals surface area (Å²) >= 11 is 7.14. The number of hydrogen-bond donors (Lipinski definition) is 1. The van der Waals surface area contributed by atoms with Crippen LogP contribution in [0.2, 0.25) is 0 Å². The fraction of sp³-hybridized carbons (Fsp3) is 0.0952. The second-order valence-corrected chi connectivity index (χ2v) is 8.41. The number of nitrogens with two attached hydrogens (primary N) is 1. The first-order chi connectivity index (χ1) is 13.4. The van der Waals surface area contributed by atoms with Crippen LogP contribution in [0.1, 0.15) is 0 Å². The fourth-order valence-electron chi connectivity index (χ4n) is 3.24. The van der Waals surface area contributed by atoms with E-state index in [0.29, 0.717) is 11.5 Å². The van der Waals surface area contributed by atoms with E-state index in [1.807, 2.05) is 44.4 Å². The standard InChI is InChI=1S/C21H17Br2N5/c1-28(2)18-6-4-3-5-15(18)17-10-16(12-7-13(22)9-14(23)8-12)19-20(24)25-11-26-21(19)27-17/h3-11H,1-2H3,(H2,24,25,26,27). The molecule has 2 heterocycles. The van der Waals surface area contributed by atoms with Crippen LogP contribution in [0, 0.1) is 0 Å². The molecule has 28 heavy (non-hydrogen) atoms. The monoisotopic (exact) mass is 497 g/mol. The average molecular weight is 499 g/mol. The molecule has 0 bridgehead atoms. The minimum absolute atomic E-state index is 0.413. The predicted molar refractivity (Wildman–Crippen MR) is 122 cm³/mol. The molecule has 2 aromatic carbocycles. The van der Waals surface area contributed by atoms with Gasteiger partial charge in [0.2, 0.25) is 0 Å². The molecule has 7 heteroatoms. The Morgan fingerprint density at radius 3 is 2.32 bits per heavy atom. The molecule has 0 aliphatic carbocycles. The van der Waals surface area contributed by atoms with E-state index >= 15 is 0 Å². The van der Waals surface area contributed by atoms with Gasteiger partial charge in [0.1, 0.15) is 12.1 Å². The van der Waals surface area contributed by atoms with E-state index in [-0.39, 0.29) is 0 Å². The summed E-state index contributed by atoms with van der Waals surface area (Å²) in [6, 6.07) is 16.3. The quantitative estimate of drug-likeness (QED) is 0.402. The first kappa shape index (κ1) is 18.8. The van der Waals surface area contributed by atoms with Gasteiger partial charge in [-0.2, -0.15) is 0 Å². The van der Waals surface area contributed by atoms with Gasteiger partial charge in [-0.3, -0.25) is 0 Å². The SMILES string of the molecule is CN(C)c1ccccc1-c1cc(-c2cc(Br)cc(Br)c2)c2c(N)ncnc2n1. The summed E-state index contributed by atoms with van der Waals surface area (Å²) < 4.78 is 1.93. The van der Waals surface area contributed by atoms with Gasteiger partial charge in [0.05, 0.1) is 11.1 Å². The number of pyridine rings is 1. The van der Waals surface area contributed by atoms with Crippen molar-refractivity contribution in [1.29, 1.82) is 0 Å². The molecule has 140 valence electrons. The number of nitrogens with zero attached hydrogens (tertiary/aromatic N) is 4. The summed E-state index contributed by atoms with van der Waals surface area (Å²) in [4.78, 5) is 15.4. The zero-order valence-electron chi connectivity index (χ0n) is 15.3. The van der Waals surface area contributed by atoms with Crippen LogP contribution in [0.25, 0.3) is 33.4 Å². The third-order valence-corrected chi connectivity index (χ3v) is 5.38. The summed E-state index contributed by atoms with van der Waals surface area (Å²) in [7, 11) is 4.04. The van der Waals surface area contributed by atoms with Gasteiger partial charge < -0.3 is 10.6 Å². The van der Waals surface area contributed by atoms with Gasteiger partial charge in [0.25, 0.3) is 0 Å². The number of nitrogen functional groups attached to an aromatic ring is 1. The van der Waals surface area contributed by atoms with Crippen LogP contribution < -0.4 is 10.6 Å². The average Bonchev–Trinajstić information content (AvgIpc) is 2.66. The fourth-order valence-corrected chi connectivity index (χ4v) is 4.54. The van der Waals surface area contributed by atoms with E-state index in [1.54, 1.807) is 0 Å². The number of fused-ring (bicyclic) bond motifs is 1. The number of anilines is 2. The minimum Gasteiger partial charge on any atom is -0.383 e. The van der Waals surface area contributed by atoms with Gasteiger partial charge in [0, 0.05) is 34.3 Å². The Balaban J connectivity index is 2.07. The lowest BCUT2D eigenvalue weighted by Crippen LogP contribution is -2.10. The lowest BCUT2D eigenvalue weighted by molar-refractivity contribution is 1.13. The minimum atomic E-state index is 0.413. The molecule has 0 aliphatic rings. The Morgan fingerprint density at radius 1 is 0.893 bits per heavy atom. The molecular weight excluding hydrogens is 482 g/mol. The van der Waals surface area contributed by atoms with Crippen LogP contribution in [-0.4, -0.2) is 29.0 Å². The van der Waals surface area contributed by atoms with Crippen LogP contribution in [0.3, 0.4) is 0 Å². The van der Waals surface area contributed by atoms with Crippen molar-refractivity contribution in [3.05, 3.63) is 63.8 Å². The van der Waals surface area contributed by atoms with E-state index in [1.165, 1.54) is 6.33 Å². The van der Waals surface area contributed by atoms with E-state index in [9.17, 15) is 0 Å². The number of halogens is 2. The molecule has 4 aromatic rings. The van der Waals surface area contributed by atoms with E-state index < -0.39 is 0 Å². The van der Waals surface area contributed by atoms with Crippen molar-refractivity contribution in [2.24, 2.45) is 0 Å². The van der Waals surface area contributed by atoms with Crippen molar-refractivity contribution in [2.75, 3.05) is 24.7 Å². The normalized spacial score (nSPS) is 11.0. The first-order valence-corrected chi connectivity index (χ1v) is 10.2. The Labute approximate surface area is 179 Å². The lowest BCUT2D eigenvalue weighted by Gasteiger charge is -2.18. The maximum atomic E-state index is 6.21. The van der Waals surface area contributed by atoms with Crippen molar-refractivity contribution in [1.82, 2.24) is 15.0 Å². The molecule has 0 unspecified atom stereocenters. The second kappa shape index (κ2) is 7.48. The molecule has 2 aromatic heterocycles. The zero-order valence-corrected chi connectivity index (χ0v) is 18.5. The molecule has 0 saturated carbocycles. The number of aromatic nitrogens is 3. The van der Waals surface area contributed by atoms with Crippen LogP contribution in [0.4, 0.5) is 11.5 Å². The summed E-state index contributed by atoms with van der Waals surface area (Å²) in [5.41, 5.74) is 11.7. The predicted octanol–water partition coefficient (Wildman–Crippen LogP) is 5.53. The summed E-state index contributed by atoms with van der Waals surface area (Å²) in [5.74, 6) is 0.413. The van der Waals surface area contributed by atoms with Crippen LogP contribution in [-0.2, 0) is 0 Å². The Hall–Kier alpha value is -2.51. The first-order valence-electron chi connectivity index (χ1n) is 8.58. The van der Waals surface area contributed by atoms with Gasteiger partial charge in [-0.15, -0.1) is 0 Å². The van der Waals surface area contributed by atoms with Gasteiger partial charge in [-0.1, -0.05) is 50.1 Å². The Kier molecular flexibility index (Phi) is 5.03. The van der Waals surface area contributed by atoms with E-state index in [2.05, 4.69) is 64.9 Å². The molecule has 0 spiro atoms. The van der Waals surface area contributed by atoms with Crippen molar-refractivity contribution in [3.63, 3.8) is 0 Å². The van der Waals surface area contributed by atoms with Gasteiger partial charge in [0.15, 0.2) is 5.65 Å². The highest BCUT2D eigenvalue weighted by molar-refractivity contribution is 9.11. The smallest absolute Gasteiger partial charge is 0.165 e. The highest BCUT2D eigenvalue weighted by Crippen LogP contribution is 2.38. The molecule has 0 saturated heterocycles. The van der Waals surface area contributed by atoms with Crippen molar-refractivity contribution < 1.29 is 0 Å². The number of para-hydroxylation sites is 1. The van der Waals surface area contributed by atoms with Crippen molar-refractivity contribution in [3.8, 4) is 22.4 Å². The van der Waals surface area contributed by atoms with Gasteiger partial charge in [-0.05, 0) is 41.5 Å². The van der Waals surface area contributed by atoms with Gasteiger partial charge in [-0.25, -0.2) is 15.0 Å². The van der Waals surface area contributed by atoms with E-state index in [0.717, 1.165) is 42.4 Å². The third-order valence-electron chi connectivity index (χ3n) is 4.47. The maximum Gasteiger partial charge on any atom is 0.165 e. The van der Waals surface area contributed by atoms with E-state index in [4.69, 9.17) is 10.7 Å². The molecule has 5 nitrogen and oxygen atoms in total. The number of rotatable bonds is 3. The largest absolute Gasteiger partial charge is 0.383 e. The van der Waals surface area contributed by atoms with Crippen molar-refractivity contribution >= 4 is 54.4 Å². The third kappa shape index (κ3) is 3.47. The number of hydrogen-bond acceptors (Lipinski definition) is 5. The molecule has 0 fully saturated rings. The Morgan fingerprint density at radius 2 is 1.61 bits per heavy atom. The molecule has 0 atom stereocenters. The summed E-state index contributed by atoms with van der Waals surface area (Å²) in [5, 5.41) is 0.749. The Bertz CT molecular complexity index is 1170. The second-order valence-electron chi connectivity index (χ2n) is 6.58. The molecule has 4 rings (SSSR count). The molecule has 0 amide bonds. The van der Waals surface area contributed by atoms with Crippen molar-refractivity contribution in [2.45, 2.75) is 0 Å². The molecule has 0 radical (unpaired) electrons. The van der Waals surface area contributed by atoms with Crippen LogP contribution in [0.15, 0.2) is 63.8 Å². The highest BCUT2D eigenvalue weighted by atomic mass is 79.9. The molecule has 2 N–H and O–H groups in total. The highest BCUT2D eigenvalue weighted by Gasteiger charge is 2.16. The molecular formula is C21H17Br2N5. The van der Waals surface area contributed by atoms with Gasteiger partial charge >= 0.3 is 0 Å². The topological polar surface area (TPSA) is 67.9 Å². The van der Waals surface area contributed by atoms with Crippen LogP contribution >= 0.6 is 31.9 Å². The zero-order chi connectivity index (χ0) is 19.8. The summed E-state index contributed by atoms with van der Waals surface area (Å²) in [6.45, 7) is 0. The van der Waals surface area contributed by atoms with Crippen LogP contribution in [0.5, 0.6) is 0 Å². The summed E-state index contributed by atoms with van der Waals surface area (Å²) in [6.07, 6.45) is 1.45. The maximum absolute atomic E-state index is 6.21. The number of benzene rings is 2.